The fraction of sp³-hybridized carbons (Fsp3) is 0.333. The maximum atomic E-state index is 13.2. The minimum absolute atomic E-state index is 0.00538. The lowest BCUT2D eigenvalue weighted by atomic mass is 10.0. The van der Waals surface area contributed by atoms with Crippen LogP contribution in [0.15, 0.2) is 56.2 Å². The van der Waals surface area contributed by atoms with Crippen LogP contribution in [0.3, 0.4) is 0 Å². The number of anilines is 1. The standard InChI is InChI=1S/C24H28N2O7S/c1-4-10-31-21-17(23(29)32-11-5-2)8-7-9-18(21)25-22(28)19-13-16(14-20(27)34)15-26(19)24(30)33-12-6-3/h4-9,16,19H,1-3,10-15H2,(H,25,28)(H,27,34)/t16-,19-/m0/s1. The molecule has 10 heteroatoms. The summed E-state index contributed by atoms with van der Waals surface area (Å²) >= 11 is 3.81. The zero-order chi connectivity index (χ0) is 25.1. The van der Waals surface area contributed by atoms with Gasteiger partial charge < -0.3 is 19.5 Å². The Kier molecular flexibility index (Phi) is 10.4. The predicted octanol–water partition coefficient (Wildman–Crippen LogP) is 3.39. The minimum atomic E-state index is -0.904. The smallest absolute Gasteiger partial charge is 0.410 e. The van der Waals surface area contributed by atoms with E-state index >= 15 is 0 Å². The van der Waals surface area contributed by atoms with Gasteiger partial charge in [-0.05, 0) is 24.5 Å². The zero-order valence-corrected chi connectivity index (χ0v) is 19.6. The van der Waals surface area contributed by atoms with E-state index in [-0.39, 0.29) is 67.2 Å². The normalized spacial score (nSPS) is 16.8. The van der Waals surface area contributed by atoms with E-state index in [4.69, 9.17) is 14.2 Å². The Morgan fingerprint density at radius 1 is 1.06 bits per heavy atom. The van der Waals surface area contributed by atoms with Crippen LogP contribution in [0, 0.1) is 5.92 Å². The van der Waals surface area contributed by atoms with Gasteiger partial charge in [0.2, 0.25) is 5.91 Å². The SMILES string of the molecule is C=CCOC(=O)c1cccc(NC(=O)[C@@H]2C[C@@H](CC(=O)S)CN2C(=O)OCC=C)c1OCC=C. The molecule has 1 aromatic carbocycles. The van der Waals surface area contributed by atoms with E-state index in [1.54, 1.807) is 12.1 Å². The summed E-state index contributed by atoms with van der Waals surface area (Å²) in [4.78, 5) is 51.0. The fourth-order valence-corrected chi connectivity index (χ4v) is 3.76. The van der Waals surface area contributed by atoms with Gasteiger partial charge in [0, 0.05) is 13.0 Å². The number of carbonyl (C=O) groups excluding carboxylic acids is 4. The predicted molar refractivity (Wildman–Crippen MR) is 130 cm³/mol. The third-order valence-corrected chi connectivity index (χ3v) is 5.07. The highest BCUT2D eigenvalue weighted by Gasteiger charge is 2.41. The number of thiol groups is 1. The first-order valence-electron chi connectivity index (χ1n) is 10.5. The molecule has 0 saturated carbocycles. The topological polar surface area (TPSA) is 111 Å². The summed E-state index contributed by atoms with van der Waals surface area (Å²) in [6, 6.07) is 3.72. The highest BCUT2D eigenvalue weighted by atomic mass is 32.1. The van der Waals surface area contributed by atoms with Crippen molar-refractivity contribution in [2.75, 3.05) is 31.7 Å². The van der Waals surface area contributed by atoms with Crippen molar-refractivity contribution in [1.82, 2.24) is 4.90 Å². The zero-order valence-electron chi connectivity index (χ0n) is 18.7. The van der Waals surface area contributed by atoms with Gasteiger partial charge in [-0.3, -0.25) is 14.5 Å². The van der Waals surface area contributed by atoms with Gasteiger partial charge in [-0.15, -0.1) is 12.6 Å². The Balaban J connectivity index is 2.31. The molecule has 1 heterocycles. The van der Waals surface area contributed by atoms with Gasteiger partial charge in [-0.25, -0.2) is 9.59 Å². The van der Waals surface area contributed by atoms with Crippen molar-refractivity contribution in [2.24, 2.45) is 5.92 Å². The summed E-state index contributed by atoms with van der Waals surface area (Å²) < 4.78 is 15.9. The summed E-state index contributed by atoms with van der Waals surface area (Å²) in [6.07, 6.45) is 3.99. The number of amides is 2. The van der Waals surface area contributed by atoms with Crippen LogP contribution in [0.2, 0.25) is 0 Å². The van der Waals surface area contributed by atoms with E-state index in [0.717, 1.165) is 0 Å². The average Bonchev–Trinajstić information content (AvgIpc) is 3.23. The number of rotatable bonds is 12. The van der Waals surface area contributed by atoms with Gasteiger partial charge >= 0.3 is 12.1 Å². The first-order chi connectivity index (χ1) is 16.3. The van der Waals surface area contributed by atoms with E-state index in [0.29, 0.717) is 0 Å². The molecule has 1 aromatic rings. The number of nitrogens with one attached hydrogen (secondary N) is 1. The summed E-state index contributed by atoms with van der Waals surface area (Å²) in [5, 5.41) is 2.39. The lowest BCUT2D eigenvalue weighted by Crippen LogP contribution is -2.43. The van der Waals surface area contributed by atoms with E-state index < -0.39 is 24.0 Å². The molecule has 9 nitrogen and oxygen atoms in total. The maximum absolute atomic E-state index is 13.2. The molecule has 0 unspecified atom stereocenters. The van der Waals surface area contributed by atoms with Crippen molar-refractivity contribution in [1.29, 1.82) is 0 Å². The molecule has 2 atom stereocenters. The fourth-order valence-electron chi connectivity index (χ4n) is 3.50. The van der Waals surface area contributed by atoms with Crippen LogP contribution < -0.4 is 10.1 Å². The second-order valence-corrected chi connectivity index (χ2v) is 7.89. The van der Waals surface area contributed by atoms with Crippen LogP contribution in [0.5, 0.6) is 5.75 Å². The van der Waals surface area contributed by atoms with Gasteiger partial charge in [0.25, 0.3) is 0 Å². The van der Waals surface area contributed by atoms with Gasteiger partial charge in [0.05, 0.1) is 5.69 Å². The molecule has 34 heavy (non-hydrogen) atoms. The molecule has 1 aliphatic heterocycles. The van der Waals surface area contributed by atoms with E-state index in [2.05, 4.69) is 37.7 Å². The Hall–Kier alpha value is -3.53. The number of ether oxygens (including phenoxy) is 3. The molecule has 2 rings (SSSR count). The summed E-state index contributed by atoms with van der Waals surface area (Å²) in [5.74, 6) is -1.33. The van der Waals surface area contributed by atoms with Crippen molar-refractivity contribution < 1.29 is 33.4 Å². The molecule has 1 saturated heterocycles. The Morgan fingerprint density at radius 2 is 1.74 bits per heavy atom. The highest BCUT2D eigenvalue weighted by Crippen LogP contribution is 2.32. The van der Waals surface area contributed by atoms with Crippen LogP contribution in [0.1, 0.15) is 23.2 Å². The van der Waals surface area contributed by atoms with Crippen LogP contribution in [0.4, 0.5) is 10.5 Å². The van der Waals surface area contributed by atoms with Crippen molar-refractivity contribution in [3.63, 3.8) is 0 Å². The number of benzene rings is 1. The molecular formula is C24H28N2O7S. The summed E-state index contributed by atoms with van der Waals surface area (Å²) in [5.41, 5.74) is 0.321. The van der Waals surface area contributed by atoms with Gasteiger partial charge in [-0.2, -0.15) is 0 Å². The minimum Gasteiger partial charge on any atom is -0.486 e. The second kappa shape index (κ2) is 13.2. The van der Waals surface area contributed by atoms with E-state index in [9.17, 15) is 19.2 Å². The monoisotopic (exact) mass is 488 g/mol. The molecule has 182 valence electrons. The highest BCUT2D eigenvalue weighted by molar-refractivity contribution is 7.96. The van der Waals surface area contributed by atoms with E-state index in [1.807, 2.05) is 0 Å². The molecule has 1 fully saturated rings. The Morgan fingerprint density at radius 3 is 2.38 bits per heavy atom. The number of hydrogen-bond acceptors (Lipinski definition) is 7. The number of esters is 1. The van der Waals surface area contributed by atoms with Crippen LogP contribution in [-0.2, 0) is 19.1 Å². The van der Waals surface area contributed by atoms with Crippen LogP contribution >= 0.6 is 12.6 Å². The van der Waals surface area contributed by atoms with Crippen molar-refractivity contribution in [3.8, 4) is 5.75 Å². The molecule has 2 amide bonds. The van der Waals surface area contributed by atoms with Crippen LogP contribution in [-0.4, -0.2) is 60.4 Å². The second-order valence-electron chi connectivity index (χ2n) is 7.39. The number of hydrogen-bond donors (Lipinski definition) is 2. The third kappa shape index (κ3) is 7.24. The molecular weight excluding hydrogens is 460 g/mol. The third-order valence-electron chi connectivity index (χ3n) is 4.88. The number of nitrogens with zero attached hydrogens (tertiary/aromatic N) is 1. The van der Waals surface area contributed by atoms with Crippen molar-refractivity contribution >= 4 is 41.4 Å². The maximum Gasteiger partial charge on any atom is 0.410 e. The molecule has 0 spiro atoms. The van der Waals surface area contributed by atoms with E-state index in [1.165, 1.54) is 29.2 Å². The number of carbonyl (C=O) groups is 4. The summed E-state index contributed by atoms with van der Waals surface area (Å²) in [7, 11) is 0. The van der Waals surface area contributed by atoms with Crippen molar-refractivity contribution in [3.05, 3.63) is 61.7 Å². The first-order valence-corrected chi connectivity index (χ1v) is 11.0. The van der Waals surface area contributed by atoms with Gasteiger partial charge in [0.1, 0.15) is 31.4 Å². The molecule has 1 N–H and O–H groups in total. The van der Waals surface area contributed by atoms with Gasteiger partial charge in [0.15, 0.2) is 10.9 Å². The lowest BCUT2D eigenvalue weighted by Gasteiger charge is -2.23. The molecule has 0 aromatic heterocycles. The van der Waals surface area contributed by atoms with Crippen molar-refractivity contribution in [2.45, 2.75) is 18.9 Å². The Labute approximate surface area is 203 Å². The quantitative estimate of drug-likeness (QED) is 0.264. The molecule has 0 radical (unpaired) electrons. The molecule has 0 aliphatic carbocycles. The number of para-hydroxylation sites is 1. The Bertz CT molecular complexity index is 963. The largest absolute Gasteiger partial charge is 0.486 e. The first kappa shape index (κ1) is 26.7. The number of likely N-dealkylation sites (tertiary alicyclic amines) is 1. The lowest BCUT2D eigenvalue weighted by molar-refractivity contribution is -0.120. The van der Waals surface area contributed by atoms with Crippen LogP contribution in [0.25, 0.3) is 0 Å². The summed E-state index contributed by atoms with van der Waals surface area (Å²) in [6.45, 7) is 10.8. The molecule has 0 bridgehead atoms. The average molecular weight is 489 g/mol. The van der Waals surface area contributed by atoms with Gasteiger partial charge in [-0.1, -0.05) is 44.0 Å². The molecule has 1 aliphatic rings.